The van der Waals surface area contributed by atoms with Crippen LogP contribution in [0.25, 0.3) is 10.8 Å². The maximum atomic E-state index is 5.47. The van der Waals surface area contributed by atoms with Crippen LogP contribution in [-0.2, 0) is 11.3 Å². The van der Waals surface area contributed by atoms with Crippen molar-refractivity contribution in [2.24, 2.45) is 0 Å². The first-order valence-corrected chi connectivity index (χ1v) is 6.78. The fraction of sp³-hybridized carbons (Fsp3) is 0.294. The van der Waals surface area contributed by atoms with Gasteiger partial charge in [0.1, 0.15) is 0 Å². The van der Waals surface area contributed by atoms with Crippen LogP contribution in [0.2, 0.25) is 0 Å². The largest absolute Gasteiger partial charge is 0.380 e. The Kier molecular flexibility index (Phi) is 5.60. The zero-order chi connectivity index (χ0) is 13.3. The highest BCUT2D eigenvalue weighted by Gasteiger charge is 1.99. The number of fused-ring (bicyclic) bond motifs is 1. The Morgan fingerprint density at radius 2 is 1.89 bits per heavy atom. The van der Waals surface area contributed by atoms with Crippen LogP contribution in [-0.4, -0.2) is 19.8 Å². The Balaban J connectivity index is 1.80. The fourth-order valence-corrected chi connectivity index (χ4v) is 2.08. The quantitative estimate of drug-likeness (QED) is 0.575. The van der Waals surface area contributed by atoms with Gasteiger partial charge < -0.3 is 10.1 Å². The third-order valence-electron chi connectivity index (χ3n) is 3.08. The topological polar surface area (TPSA) is 21.3 Å². The highest BCUT2D eigenvalue weighted by atomic mass is 16.5. The van der Waals surface area contributed by atoms with Crippen LogP contribution < -0.4 is 5.32 Å². The lowest BCUT2D eigenvalue weighted by molar-refractivity contribution is 0.140. The number of nitrogens with one attached hydrogen (secondary N) is 1. The highest BCUT2D eigenvalue weighted by Crippen LogP contribution is 2.17. The van der Waals surface area contributed by atoms with Crippen LogP contribution in [0.5, 0.6) is 0 Å². The molecule has 2 nitrogen and oxygen atoms in total. The van der Waals surface area contributed by atoms with Crippen molar-refractivity contribution in [2.75, 3.05) is 19.8 Å². The van der Waals surface area contributed by atoms with Crippen LogP contribution >= 0.6 is 0 Å². The number of benzene rings is 2. The van der Waals surface area contributed by atoms with Crippen molar-refractivity contribution in [1.82, 2.24) is 5.32 Å². The minimum atomic E-state index is 0.749. The van der Waals surface area contributed by atoms with E-state index >= 15 is 0 Å². The van der Waals surface area contributed by atoms with Gasteiger partial charge in [-0.05, 0) is 22.8 Å². The van der Waals surface area contributed by atoms with E-state index in [0.29, 0.717) is 0 Å². The normalized spacial score (nSPS) is 10.7. The molecule has 19 heavy (non-hydrogen) atoms. The first-order valence-electron chi connectivity index (χ1n) is 6.78. The summed E-state index contributed by atoms with van der Waals surface area (Å²) in [6.45, 7) is 6.94. The van der Waals surface area contributed by atoms with Crippen LogP contribution in [0.1, 0.15) is 12.0 Å². The van der Waals surface area contributed by atoms with Gasteiger partial charge >= 0.3 is 0 Å². The van der Waals surface area contributed by atoms with E-state index in [1.807, 2.05) is 6.08 Å². The molecule has 0 aromatic heterocycles. The molecule has 0 heterocycles. The van der Waals surface area contributed by atoms with Gasteiger partial charge in [-0.15, -0.1) is 6.58 Å². The fourth-order valence-electron chi connectivity index (χ4n) is 2.08. The summed E-state index contributed by atoms with van der Waals surface area (Å²) in [5.74, 6) is 0. The van der Waals surface area contributed by atoms with E-state index in [2.05, 4.69) is 54.4 Å². The van der Waals surface area contributed by atoms with E-state index in [-0.39, 0.29) is 0 Å². The smallest absolute Gasteiger partial charge is 0.0591 e. The molecule has 100 valence electrons. The molecule has 0 bridgehead atoms. The molecule has 0 amide bonds. The van der Waals surface area contributed by atoms with Gasteiger partial charge in [0.25, 0.3) is 0 Å². The zero-order valence-electron chi connectivity index (χ0n) is 11.3. The molecular weight excluding hydrogens is 234 g/mol. The van der Waals surface area contributed by atoms with Crippen LogP contribution in [0, 0.1) is 0 Å². The van der Waals surface area contributed by atoms with Gasteiger partial charge in [0, 0.05) is 13.1 Å². The molecule has 1 N–H and O–H groups in total. The Morgan fingerprint density at radius 3 is 2.79 bits per heavy atom. The van der Waals surface area contributed by atoms with Crippen molar-refractivity contribution >= 4 is 10.8 Å². The maximum absolute atomic E-state index is 5.47. The average Bonchev–Trinajstić information content (AvgIpc) is 2.46. The predicted molar refractivity (Wildman–Crippen MR) is 81.3 cm³/mol. The van der Waals surface area contributed by atoms with Crippen molar-refractivity contribution in [3.05, 3.63) is 60.7 Å². The molecule has 0 spiro atoms. The number of ether oxygens (including phenoxy) is 1. The molecule has 2 aromatic rings. The monoisotopic (exact) mass is 255 g/mol. The number of hydrogen-bond acceptors (Lipinski definition) is 2. The third kappa shape index (κ3) is 4.19. The van der Waals surface area contributed by atoms with E-state index in [1.54, 1.807) is 0 Å². The Morgan fingerprint density at radius 1 is 1.05 bits per heavy atom. The number of hydrogen-bond donors (Lipinski definition) is 1. The Hall–Kier alpha value is -1.64. The van der Waals surface area contributed by atoms with Gasteiger partial charge in [0.2, 0.25) is 0 Å². The van der Waals surface area contributed by atoms with Gasteiger partial charge in [-0.3, -0.25) is 0 Å². The van der Waals surface area contributed by atoms with Crippen LogP contribution in [0.15, 0.2) is 55.1 Å². The summed E-state index contributed by atoms with van der Waals surface area (Å²) in [4.78, 5) is 0. The molecule has 0 saturated heterocycles. The lowest BCUT2D eigenvalue weighted by atomic mass is 10.0. The number of rotatable bonds is 8. The van der Waals surface area contributed by atoms with Gasteiger partial charge in [0.05, 0.1) is 13.2 Å². The van der Waals surface area contributed by atoms with E-state index in [0.717, 1.165) is 32.7 Å². The second-order valence-electron chi connectivity index (χ2n) is 4.50. The Bertz CT molecular complexity index is 516. The van der Waals surface area contributed by atoms with Crippen LogP contribution in [0.3, 0.4) is 0 Å². The minimum Gasteiger partial charge on any atom is -0.380 e. The highest BCUT2D eigenvalue weighted by molar-refractivity contribution is 5.85. The molecule has 0 radical (unpaired) electrons. The average molecular weight is 255 g/mol. The summed E-state index contributed by atoms with van der Waals surface area (Å²) >= 11 is 0. The van der Waals surface area contributed by atoms with Crippen molar-refractivity contribution < 1.29 is 4.74 Å². The first kappa shape index (κ1) is 13.8. The third-order valence-corrected chi connectivity index (χ3v) is 3.08. The maximum Gasteiger partial charge on any atom is 0.0591 e. The van der Waals surface area contributed by atoms with Crippen molar-refractivity contribution in [3.63, 3.8) is 0 Å². The van der Waals surface area contributed by atoms with Crippen LogP contribution in [0.4, 0.5) is 0 Å². The SMILES string of the molecule is C=CCCOCCNCc1cccc2ccccc12. The molecule has 0 unspecified atom stereocenters. The summed E-state index contributed by atoms with van der Waals surface area (Å²) in [5, 5.41) is 6.04. The standard InChI is InChI=1S/C17H21NO/c1-2-3-12-19-13-11-18-14-16-9-6-8-15-7-4-5-10-17(15)16/h2,4-10,18H,1,3,11-14H2. The predicted octanol–water partition coefficient (Wildman–Crippen LogP) is 3.52. The zero-order valence-corrected chi connectivity index (χ0v) is 11.3. The van der Waals surface area contributed by atoms with Crippen molar-refractivity contribution in [1.29, 1.82) is 0 Å². The molecule has 2 heteroatoms. The second-order valence-corrected chi connectivity index (χ2v) is 4.50. The molecule has 0 aliphatic carbocycles. The first-order chi connectivity index (χ1) is 9.42. The lowest BCUT2D eigenvalue weighted by Crippen LogP contribution is -2.19. The Labute approximate surface area is 115 Å². The van der Waals surface area contributed by atoms with Gasteiger partial charge in [-0.25, -0.2) is 0 Å². The molecule has 0 saturated carbocycles. The molecule has 2 aromatic carbocycles. The summed E-state index contributed by atoms with van der Waals surface area (Å²) in [6, 6.07) is 14.9. The molecular formula is C17H21NO. The van der Waals surface area contributed by atoms with Crippen molar-refractivity contribution in [3.8, 4) is 0 Å². The van der Waals surface area contributed by atoms with Gasteiger partial charge in [-0.2, -0.15) is 0 Å². The molecule has 2 rings (SSSR count). The molecule has 0 aliphatic heterocycles. The minimum absolute atomic E-state index is 0.749. The summed E-state index contributed by atoms with van der Waals surface area (Å²) in [5.41, 5.74) is 1.34. The summed E-state index contributed by atoms with van der Waals surface area (Å²) in [6.07, 6.45) is 2.80. The summed E-state index contributed by atoms with van der Waals surface area (Å²) < 4.78 is 5.47. The van der Waals surface area contributed by atoms with Gasteiger partial charge in [0.15, 0.2) is 0 Å². The van der Waals surface area contributed by atoms with E-state index < -0.39 is 0 Å². The molecule has 0 atom stereocenters. The van der Waals surface area contributed by atoms with E-state index in [4.69, 9.17) is 4.74 Å². The van der Waals surface area contributed by atoms with E-state index in [1.165, 1.54) is 16.3 Å². The molecule has 0 aliphatic rings. The summed E-state index contributed by atoms with van der Waals surface area (Å²) in [7, 11) is 0. The second kappa shape index (κ2) is 7.72. The molecule has 0 fully saturated rings. The van der Waals surface area contributed by atoms with Crippen molar-refractivity contribution in [2.45, 2.75) is 13.0 Å². The van der Waals surface area contributed by atoms with Gasteiger partial charge in [-0.1, -0.05) is 48.5 Å². The lowest BCUT2D eigenvalue weighted by Gasteiger charge is -2.08. The van der Waals surface area contributed by atoms with E-state index in [9.17, 15) is 0 Å².